The molecule has 1 aromatic carbocycles. The Morgan fingerprint density at radius 3 is 2.61 bits per heavy atom. The van der Waals surface area contributed by atoms with Crippen molar-refractivity contribution in [2.24, 2.45) is 5.41 Å². The third-order valence-corrected chi connectivity index (χ3v) is 4.61. The molecule has 0 saturated heterocycles. The van der Waals surface area contributed by atoms with Crippen LogP contribution in [-0.2, 0) is 0 Å². The van der Waals surface area contributed by atoms with Crippen molar-refractivity contribution in [3.05, 3.63) is 35.4 Å². The maximum Gasteiger partial charge on any atom is 0.129 e. The lowest BCUT2D eigenvalue weighted by molar-refractivity contribution is 0.0434. The van der Waals surface area contributed by atoms with E-state index in [4.69, 9.17) is 0 Å². The Morgan fingerprint density at radius 1 is 1.33 bits per heavy atom. The average Bonchev–Trinajstić information content (AvgIpc) is 2.34. The molecule has 0 amide bonds. The van der Waals surface area contributed by atoms with E-state index < -0.39 is 11.6 Å². The van der Waals surface area contributed by atoms with Gasteiger partial charge in [0.2, 0.25) is 0 Å². The lowest BCUT2D eigenvalue weighted by Gasteiger charge is -2.55. The standard InChI is InChI=1S/C15H21F2N/c1-4-15(3)12(9-14(15)18-5-2)11-7-6-10(16)8-13(11)17/h6-8,12,14,18H,4-5,9H2,1-3H3. The number of hydrogen-bond acceptors (Lipinski definition) is 1. The summed E-state index contributed by atoms with van der Waals surface area (Å²) >= 11 is 0. The molecule has 2 rings (SSSR count). The van der Waals surface area contributed by atoms with Gasteiger partial charge in [-0.1, -0.05) is 26.8 Å². The second-order valence-electron chi connectivity index (χ2n) is 5.42. The van der Waals surface area contributed by atoms with Crippen LogP contribution in [0.2, 0.25) is 0 Å². The smallest absolute Gasteiger partial charge is 0.129 e. The quantitative estimate of drug-likeness (QED) is 0.859. The van der Waals surface area contributed by atoms with E-state index in [-0.39, 0.29) is 11.3 Å². The first-order valence-corrected chi connectivity index (χ1v) is 6.71. The number of benzene rings is 1. The van der Waals surface area contributed by atoms with Crippen LogP contribution in [0.4, 0.5) is 8.78 Å². The van der Waals surface area contributed by atoms with E-state index in [9.17, 15) is 8.78 Å². The van der Waals surface area contributed by atoms with Crippen molar-refractivity contribution in [2.45, 2.75) is 45.6 Å². The van der Waals surface area contributed by atoms with Gasteiger partial charge in [0.1, 0.15) is 11.6 Å². The topological polar surface area (TPSA) is 12.0 Å². The van der Waals surface area contributed by atoms with Gasteiger partial charge in [0, 0.05) is 12.1 Å². The van der Waals surface area contributed by atoms with Crippen LogP contribution < -0.4 is 5.32 Å². The van der Waals surface area contributed by atoms with Crippen LogP contribution in [0.5, 0.6) is 0 Å². The number of hydrogen-bond donors (Lipinski definition) is 1. The maximum atomic E-state index is 13.9. The summed E-state index contributed by atoms with van der Waals surface area (Å²) in [7, 11) is 0. The Bertz CT molecular complexity index is 433. The van der Waals surface area contributed by atoms with Crippen molar-refractivity contribution in [2.75, 3.05) is 6.54 Å². The predicted octanol–water partition coefficient (Wildman–Crippen LogP) is 3.85. The first-order valence-electron chi connectivity index (χ1n) is 6.71. The van der Waals surface area contributed by atoms with Crippen molar-refractivity contribution in [1.29, 1.82) is 0 Å². The number of nitrogens with one attached hydrogen (secondary N) is 1. The minimum absolute atomic E-state index is 0.0642. The van der Waals surface area contributed by atoms with Gasteiger partial charge >= 0.3 is 0 Å². The Balaban J connectivity index is 2.24. The summed E-state index contributed by atoms with van der Waals surface area (Å²) in [5, 5.41) is 3.46. The summed E-state index contributed by atoms with van der Waals surface area (Å²) < 4.78 is 26.8. The van der Waals surface area contributed by atoms with Crippen LogP contribution in [-0.4, -0.2) is 12.6 Å². The van der Waals surface area contributed by atoms with Gasteiger partial charge in [-0.3, -0.25) is 0 Å². The fourth-order valence-corrected chi connectivity index (χ4v) is 3.18. The molecule has 100 valence electrons. The van der Waals surface area contributed by atoms with Gasteiger partial charge in [-0.2, -0.15) is 0 Å². The van der Waals surface area contributed by atoms with Crippen LogP contribution in [0.1, 0.15) is 45.1 Å². The Hall–Kier alpha value is -0.960. The van der Waals surface area contributed by atoms with Gasteiger partial charge in [-0.15, -0.1) is 0 Å². The van der Waals surface area contributed by atoms with E-state index >= 15 is 0 Å². The predicted molar refractivity (Wildman–Crippen MR) is 69.6 cm³/mol. The highest BCUT2D eigenvalue weighted by molar-refractivity contribution is 5.29. The molecule has 1 N–H and O–H groups in total. The average molecular weight is 253 g/mol. The molecule has 1 fully saturated rings. The molecule has 1 aliphatic carbocycles. The summed E-state index contributed by atoms with van der Waals surface area (Å²) in [4.78, 5) is 0. The van der Waals surface area contributed by atoms with E-state index in [0.717, 1.165) is 25.5 Å². The molecule has 1 saturated carbocycles. The summed E-state index contributed by atoms with van der Waals surface area (Å²) in [6.07, 6.45) is 1.92. The molecule has 0 aromatic heterocycles. The SMILES string of the molecule is CCNC1CC(c2ccc(F)cc2F)C1(C)CC. The van der Waals surface area contributed by atoms with Crippen LogP contribution >= 0.6 is 0 Å². The molecule has 1 nitrogen and oxygen atoms in total. The number of halogens is 2. The second-order valence-corrected chi connectivity index (χ2v) is 5.42. The van der Waals surface area contributed by atoms with E-state index in [2.05, 4.69) is 26.1 Å². The van der Waals surface area contributed by atoms with Gasteiger partial charge < -0.3 is 5.32 Å². The summed E-state index contributed by atoms with van der Waals surface area (Å²) in [6, 6.07) is 4.38. The molecular weight excluding hydrogens is 232 g/mol. The molecule has 0 radical (unpaired) electrons. The summed E-state index contributed by atoms with van der Waals surface area (Å²) in [5.41, 5.74) is 0.726. The van der Waals surface area contributed by atoms with E-state index in [0.29, 0.717) is 11.6 Å². The highest BCUT2D eigenvalue weighted by Gasteiger charge is 2.51. The first kappa shape index (κ1) is 13.5. The molecule has 3 unspecified atom stereocenters. The fourth-order valence-electron chi connectivity index (χ4n) is 3.18. The monoisotopic (exact) mass is 253 g/mol. The van der Waals surface area contributed by atoms with Crippen LogP contribution in [0.15, 0.2) is 18.2 Å². The van der Waals surface area contributed by atoms with Crippen molar-refractivity contribution in [3.63, 3.8) is 0 Å². The van der Waals surface area contributed by atoms with Crippen LogP contribution in [0.3, 0.4) is 0 Å². The second kappa shape index (κ2) is 4.96. The van der Waals surface area contributed by atoms with Gasteiger partial charge in [-0.25, -0.2) is 8.78 Å². The summed E-state index contributed by atoms with van der Waals surface area (Å²) in [5.74, 6) is -0.723. The molecule has 3 heteroatoms. The first-order chi connectivity index (χ1) is 8.52. The molecule has 0 spiro atoms. The lowest BCUT2D eigenvalue weighted by atomic mass is 9.54. The van der Waals surface area contributed by atoms with Gasteiger partial charge in [0.25, 0.3) is 0 Å². The minimum Gasteiger partial charge on any atom is -0.314 e. The van der Waals surface area contributed by atoms with Gasteiger partial charge in [0.05, 0.1) is 0 Å². The molecule has 0 heterocycles. The molecule has 18 heavy (non-hydrogen) atoms. The zero-order valence-corrected chi connectivity index (χ0v) is 11.3. The number of rotatable bonds is 4. The Kier molecular flexibility index (Phi) is 3.71. The van der Waals surface area contributed by atoms with Crippen molar-refractivity contribution < 1.29 is 8.78 Å². The Morgan fingerprint density at radius 2 is 2.06 bits per heavy atom. The van der Waals surface area contributed by atoms with Gasteiger partial charge in [0.15, 0.2) is 0 Å². The van der Waals surface area contributed by atoms with E-state index in [1.165, 1.54) is 6.07 Å². The largest absolute Gasteiger partial charge is 0.314 e. The molecule has 3 atom stereocenters. The highest BCUT2D eigenvalue weighted by atomic mass is 19.1. The highest BCUT2D eigenvalue weighted by Crippen LogP contribution is 2.55. The van der Waals surface area contributed by atoms with Crippen LogP contribution in [0.25, 0.3) is 0 Å². The molecule has 0 bridgehead atoms. The molecule has 0 aliphatic heterocycles. The normalized spacial score (nSPS) is 31.2. The third kappa shape index (κ3) is 2.05. The summed E-state index contributed by atoms with van der Waals surface area (Å²) in [6.45, 7) is 7.34. The minimum atomic E-state index is -0.503. The third-order valence-electron chi connectivity index (χ3n) is 4.61. The molecular formula is C15H21F2N. The van der Waals surface area contributed by atoms with Crippen molar-refractivity contribution in [1.82, 2.24) is 5.32 Å². The van der Waals surface area contributed by atoms with Gasteiger partial charge in [-0.05, 0) is 42.3 Å². The Labute approximate surface area is 108 Å². The maximum absolute atomic E-state index is 13.9. The fraction of sp³-hybridized carbons (Fsp3) is 0.600. The molecule has 1 aliphatic rings. The van der Waals surface area contributed by atoms with Crippen molar-refractivity contribution in [3.8, 4) is 0 Å². The van der Waals surface area contributed by atoms with Crippen molar-refractivity contribution >= 4 is 0 Å². The van der Waals surface area contributed by atoms with Crippen LogP contribution in [0, 0.1) is 17.0 Å². The van der Waals surface area contributed by atoms with E-state index in [1.807, 2.05) is 0 Å². The molecule has 1 aromatic rings. The zero-order chi connectivity index (χ0) is 13.3. The lowest BCUT2D eigenvalue weighted by Crippen LogP contribution is -2.56. The zero-order valence-electron chi connectivity index (χ0n) is 11.3. The van der Waals surface area contributed by atoms with E-state index in [1.54, 1.807) is 6.07 Å².